The Morgan fingerprint density at radius 3 is 1.49 bits per heavy atom. The second-order valence-corrected chi connectivity index (χ2v) is 13.1. The molecule has 2 atom stereocenters. The molecular formula is C40H31F4N3O8. The first kappa shape index (κ1) is 38.0. The summed E-state index contributed by atoms with van der Waals surface area (Å²) in [5.41, 5.74) is 0.833. The lowest BCUT2D eigenvalue weighted by molar-refractivity contribution is -0.147. The molecule has 282 valence electrons. The van der Waals surface area contributed by atoms with E-state index in [0.29, 0.717) is 6.07 Å². The van der Waals surface area contributed by atoms with Crippen LogP contribution in [-0.2, 0) is 27.2 Å². The predicted molar refractivity (Wildman–Crippen MR) is 190 cm³/mol. The zero-order chi connectivity index (χ0) is 40.0. The summed E-state index contributed by atoms with van der Waals surface area (Å²) in [6, 6.07) is 11.8. The van der Waals surface area contributed by atoms with Gasteiger partial charge in [0.2, 0.25) is 5.91 Å². The third-order valence-electron chi connectivity index (χ3n) is 9.57. The fraction of sp³-hybridized carbons (Fsp3) is 0.175. The van der Waals surface area contributed by atoms with E-state index < -0.39 is 77.5 Å². The molecule has 11 nitrogen and oxygen atoms in total. The van der Waals surface area contributed by atoms with Gasteiger partial charge in [-0.1, -0.05) is 0 Å². The number of aliphatic carboxylic acids is 1. The van der Waals surface area contributed by atoms with E-state index in [4.69, 9.17) is 0 Å². The molecule has 6 rings (SSSR count). The number of fused-ring (bicyclic) bond motifs is 2. The van der Waals surface area contributed by atoms with Gasteiger partial charge in [0.25, 0.3) is 11.8 Å². The number of Topliss-reactive ketones (excluding diaryl/α,β-unsaturated/α-hetero) is 1. The number of nitrogens with zero attached hydrogens (tertiary/aromatic N) is 2. The normalized spacial score (nSPS) is 12.5. The van der Waals surface area contributed by atoms with Crippen molar-refractivity contribution in [2.45, 2.75) is 39.7 Å². The highest BCUT2D eigenvalue weighted by Gasteiger charge is 2.35. The molecule has 0 fully saturated rings. The van der Waals surface area contributed by atoms with Gasteiger partial charge >= 0.3 is 5.97 Å². The van der Waals surface area contributed by atoms with E-state index in [1.165, 1.54) is 61.7 Å². The van der Waals surface area contributed by atoms with Gasteiger partial charge in [-0.15, -0.1) is 0 Å². The summed E-state index contributed by atoms with van der Waals surface area (Å²) in [7, 11) is 0. The summed E-state index contributed by atoms with van der Waals surface area (Å²) in [5.74, 6) is -11.8. The summed E-state index contributed by atoms with van der Waals surface area (Å²) >= 11 is 0. The summed E-state index contributed by atoms with van der Waals surface area (Å²) in [4.78, 5) is 66.8. The molecule has 0 saturated carbocycles. The highest BCUT2D eigenvalue weighted by Crippen LogP contribution is 2.33. The summed E-state index contributed by atoms with van der Waals surface area (Å²) in [6.07, 6.45) is -1.02. The SMILES string of the molecule is Cc1c(CC(=O)NC(C)C(C(=O)O)C(=O)Cc2c(C)n(C(=O)c3ccc(F)c(F)c3)c3ccc(O)cc23)c2cc(O)ccc2n1C(=O)c1ccc(F)c(F)c1. The van der Waals surface area contributed by atoms with Crippen LogP contribution in [0.15, 0.2) is 72.8 Å². The fourth-order valence-electron chi connectivity index (χ4n) is 6.89. The first-order chi connectivity index (χ1) is 26.0. The van der Waals surface area contributed by atoms with Crippen molar-refractivity contribution in [2.75, 3.05) is 0 Å². The minimum Gasteiger partial charge on any atom is -0.508 e. The molecule has 55 heavy (non-hydrogen) atoms. The van der Waals surface area contributed by atoms with Crippen LogP contribution in [0.5, 0.6) is 11.5 Å². The Balaban J connectivity index is 1.27. The van der Waals surface area contributed by atoms with Crippen molar-refractivity contribution in [1.29, 1.82) is 0 Å². The molecule has 0 radical (unpaired) electrons. The molecule has 0 saturated heterocycles. The lowest BCUT2D eigenvalue weighted by Gasteiger charge is -2.21. The van der Waals surface area contributed by atoms with Gasteiger partial charge in [-0.25, -0.2) is 17.6 Å². The number of ketones is 1. The Bertz CT molecular complexity index is 2610. The van der Waals surface area contributed by atoms with Crippen molar-refractivity contribution < 1.29 is 56.9 Å². The van der Waals surface area contributed by atoms with E-state index in [0.717, 1.165) is 34.9 Å². The van der Waals surface area contributed by atoms with Crippen LogP contribution >= 0.6 is 0 Å². The lowest BCUT2D eigenvalue weighted by Crippen LogP contribution is -2.46. The molecule has 2 aromatic heterocycles. The molecule has 6 aromatic rings. The zero-order valence-electron chi connectivity index (χ0n) is 29.3. The number of carboxylic acids is 1. The number of hydrogen-bond donors (Lipinski definition) is 4. The number of aromatic nitrogens is 2. The predicted octanol–water partition coefficient (Wildman–Crippen LogP) is 6.12. The first-order valence-corrected chi connectivity index (χ1v) is 16.7. The van der Waals surface area contributed by atoms with E-state index in [9.17, 15) is 56.9 Å². The van der Waals surface area contributed by atoms with Gasteiger partial charge in [0, 0.05) is 45.7 Å². The molecule has 2 heterocycles. The van der Waals surface area contributed by atoms with Crippen LogP contribution in [0.4, 0.5) is 17.6 Å². The maximum Gasteiger partial charge on any atom is 0.316 e. The highest BCUT2D eigenvalue weighted by atomic mass is 19.2. The lowest BCUT2D eigenvalue weighted by atomic mass is 9.91. The molecule has 1 amide bonds. The van der Waals surface area contributed by atoms with Crippen molar-refractivity contribution in [1.82, 2.24) is 14.5 Å². The number of carbonyl (C=O) groups excluding carboxylic acids is 4. The third kappa shape index (κ3) is 7.03. The first-order valence-electron chi connectivity index (χ1n) is 16.7. The van der Waals surface area contributed by atoms with Gasteiger partial charge in [0.15, 0.2) is 29.1 Å². The van der Waals surface area contributed by atoms with Crippen molar-refractivity contribution in [3.63, 3.8) is 0 Å². The Morgan fingerprint density at radius 2 is 1.07 bits per heavy atom. The maximum atomic E-state index is 14.0. The number of benzene rings is 4. The maximum absolute atomic E-state index is 14.0. The third-order valence-corrected chi connectivity index (χ3v) is 9.57. The minimum absolute atomic E-state index is 0.164. The number of rotatable bonds is 10. The van der Waals surface area contributed by atoms with Crippen molar-refractivity contribution in [2.24, 2.45) is 5.92 Å². The van der Waals surface area contributed by atoms with E-state index in [2.05, 4.69) is 5.32 Å². The van der Waals surface area contributed by atoms with Crippen molar-refractivity contribution >= 4 is 51.3 Å². The average molecular weight is 758 g/mol. The number of phenolic OH excluding ortho intramolecular Hbond substituents is 2. The average Bonchev–Trinajstić information content (AvgIpc) is 3.54. The van der Waals surface area contributed by atoms with Crippen LogP contribution in [0.25, 0.3) is 21.8 Å². The Labute approximate surface area is 309 Å². The number of carboxylic acid groups (broad SMARTS) is 1. The Hall–Kier alpha value is -6.77. The van der Waals surface area contributed by atoms with Crippen LogP contribution in [0.2, 0.25) is 0 Å². The summed E-state index contributed by atoms with van der Waals surface area (Å²) < 4.78 is 57.6. The van der Waals surface area contributed by atoms with Crippen LogP contribution in [0.3, 0.4) is 0 Å². The van der Waals surface area contributed by atoms with Gasteiger partial charge in [0.05, 0.1) is 17.5 Å². The second-order valence-electron chi connectivity index (χ2n) is 13.1. The van der Waals surface area contributed by atoms with Crippen LogP contribution in [0, 0.1) is 43.0 Å². The van der Waals surface area contributed by atoms with Gasteiger partial charge in [0.1, 0.15) is 17.4 Å². The molecule has 15 heteroatoms. The largest absolute Gasteiger partial charge is 0.508 e. The molecule has 0 bridgehead atoms. The van der Waals surface area contributed by atoms with Crippen LogP contribution in [-0.4, -0.2) is 60.0 Å². The summed E-state index contributed by atoms with van der Waals surface area (Å²) in [5, 5.41) is 33.7. The number of amides is 1. The Morgan fingerprint density at radius 1 is 0.636 bits per heavy atom. The highest BCUT2D eigenvalue weighted by molar-refractivity contribution is 6.08. The molecule has 2 unspecified atom stereocenters. The number of carbonyl (C=O) groups is 5. The second kappa shape index (κ2) is 14.6. The molecule has 0 aliphatic rings. The van der Waals surface area contributed by atoms with Gasteiger partial charge < -0.3 is 20.6 Å². The molecule has 4 aromatic carbocycles. The van der Waals surface area contributed by atoms with Gasteiger partial charge in [-0.05, 0) is 105 Å². The van der Waals surface area contributed by atoms with E-state index in [-0.39, 0.29) is 66.9 Å². The number of nitrogens with one attached hydrogen (secondary N) is 1. The molecule has 0 aliphatic carbocycles. The van der Waals surface area contributed by atoms with E-state index in [1.807, 2.05) is 0 Å². The van der Waals surface area contributed by atoms with Crippen molar-refractivity contribution in [3.8, 4) is 11.5 Å². The number of aromatic hydroxyl groups is 2. The molecule has 0 aliphatic heterocycles. The van der Waals surface area contributed by atoms with Gasteiger partial charge in [-0.3, -0.25) is 33.1 Å². The number of hydrogen-bond acceptors (Lipinski definition) is 7. The fourth-order valence-corrected chi connectivity index (χ4v) is 6.89. The van der Waals surface area contributed by atoms with Crippen LogP contribution in [0.1, 0.15) is 50.2 Å². The Kier molecular flexibility index (Phi) is 10.1. The molecular weight excluding hydrogens is 726 g/mol. The molecule has 4 N–H and O–H groups in total. The number of phenols is 2. The number of halogens is 4. The minimum atomic E-state index is -1.82. The quantitative estimate of drug-likeness (QED) is 0.0959. The zero-order valence-corrected chi connectivity index (χ0v) is 29.3. The van der Waals surface area contributed by atoms with Crippen LogP contribution < -0.4 is 5.32 Å². The standard InChI is InChI=1S/C40H31F4N3O8/c1-18(45-36(51)17-26-20(3)47(34-11-7-24(49)15-28(26)34)39(53)22-5-9-30(42)32(44)13-22)37(40(54)55)35(50)16-25-19(2)46(33-10-6-23(48)14-27(25)33)38(52)21-4-8-29(41)31(43)12-21/h4-15,18,37,48-49H,16-17H2,1-3H3,(H,45,51)(H,54,55). The van der Waals surface area contributed by atoms with Gasteiger partial charge in [-0.2, -0.15) is 0 Å². The smallest absolute Gasteiger partial charge is 0.316 e. The van der Waals surface area contributed by atoms with Crippen molar-refractivity contribution in [3.05, 3.63) is 130 Å². The molecule has 0 spiro atoms. The summed E-state index contributed by atoms with van der Waals surface area (Å²) in [6.45, 7) is 4.27. The monoisotopic (exact) mass is 757 g/mol. The van der Waals surface area contributed by atoms with E-state index >= 15 is 0 Å². The topological polar surface area (TPSA) is 168 Å². The van der Waals surface area contributed by atoms with E-state index in [1.54, 1.807) is 0 Å².